The van der Waals surface area contributed by atoms with Crippen LogP contribution in [0.1, 0.15) is 37.9 Å². The summed E-state index contributed by atoms with van der Waals surface area (Å²) in [7, 11) is 0. The van der Waals surface area contributed by atoms with Gasteiger partial charge in [0.25, 0.3) is 0 Å². The Balaban J connectivity index is 0.000000671. The predicted molar refractivity (Wildman–Crippen MR) is 59.6 cm³/mol. The van der Waals surface area contributed by atoms with Crippen LogP contribution >= 0.6 is 0 Å². The molecule has 1 nitrogen and oxygen atoms in total. The Morgan fingerprint density at radius 3 is 2.46 bits per heavy atom. The second kappa shape index (κ2) is 6.30. The highest BCUT2D eigenvalue weighted by Gasteiger charge is 2.00. The molecule has 0 amide bonds. The first kappa shape index (κ1) is 11.8. The van der Waals surface area contributed by atoms with Crippen molar-refractivity contribution in [1.82, 2.24) is 0 Å². The zero-order valence-corrected chi connectivity index (χ0v) is 8.92. The Morgan fingerprint density at radius 2 is 2.00 bits per heavy atom. The van der Waals surface area contributed by atoms with Crippen molar-refractivity contribution in [2.45, 2.75) is 27.7 Å². The summed E-state index contributed by atoms with van der Waals surface area (Å²) in [5.74, 6) is 1.77. The Bertz CT molecular complexity index is 279. The molecule has 0 saturated heterocycles. The van der Waals surface area contributed by atoms with Gasteiger partial charge in [-0.15, -0.1) is 0 Å². The van der Waals surface area contributed by atoms with Gasteiger partial charge < -0.3 is 4.42 Å². The second-order valence-electron chi connectivity index (χ2n) is 2.38. The van der Waals surface area contributed by atoms with Gasteiger partial charge in [-0.1, -0.05) is 32.6 Å². The van der Waals surface area contributed by atoms with Crippen molar-refractivity contribution in [3.05, 3.63) is 35.8 Å². The highest BCUT2D eigenvalue weighted by Crippen LogP contribution is 2.17. The maximum atomic E-state index is 5.35. The monoisotopic (exact) mass is 178 g/mol. The predicted octanol–water partition coefficient (Wildman–Crippen LogP) is 4.29. The molecule has 1 heterocycles. The molecule has 0 N–H and O–H groups in total. The normalized spacial score (nSPS) is 9.54. The van der Waals surface area contributed by atoms with Crippen molar-refractivity contribution < 1.29 is 4.42 Å². The van der Waals surface area contributed by atoms with E-state index in [0.29, 0.717) is 0 Å². The van der Waals surface area contributed by atoms with Crippen molar-refractivity contribution >= 4 is 12.2 Å². The maximum absolute atomic E-state index is 5.35. The molecule has 72 valence electrons. The summed E-state index contributed by atoms with van der Waals surface area (Å²) in [5.41, 5.74) is 1.10. The van der Waals surface area contributed by atoms with Crippen LogP contribution in [0, 0.1) is 6.92 Å². The summed E-state index contributed by atoms with van der Waals surface area (Å²) < 4.78 is 5.35. The quantitative estimate of drug-likeness (QED) is 0.658. The van der Waals surface area contributed by atoms with Gasteiger partial charge in [0.2, 0.25) is 0 Å². The molecular formula is C12H18O. The fourth-order valence-corrected chi connectivity index (χ4v) is 1.02. The van der Waals surface area contributed by atoms with E-state index in [1.54, 1.807) is 6.08 Å². The highest BCUT2D eigenvalue weighted by molar-refractivity contribution is 5.60. The van der Waals surface area contributed by atoms with Gasteiger partial charge in [-0.05, 0) is 26.0 Å². The van der Waals surface area contributed by atoms with Crippen molar-refractivity contribution in [3.8, 4) is 0 Å². The Hall–Kier alpha value is -1.24. The van der Waals surface area contributed by atoms with E-state index < -0.39 is 0 Å². The molecule has 13 heavy (non-hydrogen) atoms. The number of hydrogen-bond donors (Lipinski definition) is 0. The average Bonchev–Trinajstić information content (AvgIpc) is 2.50. The number of rotatable bonds is 2. The van der Waals surface area contributed by atoms with Crippen LogP contribution in [-0.2, 0) is 0 Å². The molecule has 0 saturated carbocycles. The molecule has 1 aromatic rings. The summed E-state index contributed by atoms with van der Waals surface area (Å²) in [4.78, 5) is 0. The number of furan rings is 1. The molecule has 0 bridgehead atoms. The molecule has 0 aliphatic heterocycles. The minimum atomic E-state index is 0.848. The van der Waals surface area contributed by atoms with E-state index in [-0.39, 0.29) is 0 Å². The minimum Gasteiger partial charge on any atom is -0.461 e. The van der Waals surface area contributed by atoms with E-state index in [2.05, 4.69) is 6.58 Å². The lowest BCUT2D eigenvalue weighted by Crippen LogP contribution is -1.67. The van der Waals surface area contributed by atoms with Crippen molar-refractivity contribution in [3.63, 3.8) is 0 Å². The molecule has 0 fully saturated rings. The lowest BCUT2D eigenvalue weighted by molar-refractivity contribution is 0.524. The molecule has 0 aliphatic rings. The molecule has 0 radical (unpaired) electrons. The molecule has 1 heteroatoms. The summed E-state index contributed by atoms with van der Waals surface area (Å²) in [6, 6.07) is 2.00. The number of hydrogen-bond acceptors (Lipinski definition) is 1. The summed E-state index contributed by atoms with van der Waals surface area (Å²) in [6.45, 7) is 11.6. The highest BCUT2D eigenvalue weighted by atomic mass is 16.3. The molecule has 1 rings (SSSR count). The van der Waals surface area contributed by atoms with Gasteiger partial charge in [0, 0.05) is 5.56 Å². The van der Waals surface area contributed by atoms with Gasteiger partial charge in [0.15, 0.2) is 0 Å². The van der Waals surface area contributed by atoms with Crippen LogP contribution in [0.25, 0.3) is 12.2 Å². The van der Waals surface area contributed by atoms with Crippen molar-refractivity contribution in [2.24, 2.45) is 0 Å². The zero-order chi connectivity index (χ0) is 10.3. The topological polar surface area (TPSA) is 13.1 Å². The molecule has 0 unspecified atom stereocenters. The third-order valence-corrected chi connectivity index (χ3v) is 1.45. The third-order valence-electron chi connectivity index (χ3n) is 1.45. The lowest BCUT2D eigenvalue weighted by atomic mass is 10.2. The van der Waals surface area contributed by atoms with Crippen LogP contribution in [-0.4, -0.2) is 0 Å². The maximum Gasteiger partial charge on any atom is 0.133 e. The molecule has 0 aliphatic carbocycles. The standard InChI is InChI=1S/C10H12O.C2H6/c1-4-6-9-7-8(3)11-10(9)5-2;1-2/h4-7H,2H2,1,3H3;1-2H3/b6-4-;. The molecule has 0 aromatic carbocycles. The minimum absolute atomic E-state index is 0.848. The van der Waals surface area contributed by atoms with Gasteiger partial charge in [-0.3, -0.25) is 0 Å². The Morgan fingerprint density at radius 1 is 1.38 bits per heavy atom. The van der Waals surface area contributed by atoms with Crippen LogP contribution in [0.2, 0.25) is 0 Å². The van der Waals surface area contributed by atoms with Gasteiger partial charge >= 0.3 is 0 Å². The number of aryl methyl sites for hydroxylation is 1. The average molecular weight is 178 g/mol. The van der Waals surface area contributed by atoms with E-state index in [9.17, 15) is 0 Å². The Labute approximate surface area is 80.8 Å². The van der Waals surface area contributed by atoms with Gasteiger partial charge in [0.1, 0.15) is 11.5 Å². The van der Waals surface area contributed by atoms with Crippen LogP contribution in [0.15, 0.2) is 23.1 Å². The molecule has 0 spiro atoms. The molecular weight excluding hydrogens is 160 g/mol. The van der Waals surface area contributed by atoms with Crippen molar-refractivity contribution in [2.75, 3.05) is 0 Å². The SMILES string of the molecule is C=Cc1oc(C)cc1/C=C\C.CC. The van der Waals surface area contributed by atoms with Crippen LogP contribution in [0.3, 0.4) is 0 Å². The van der Waals surface area contributed by atoms with E-state index in [4.69, 9.17) is 4.42 Å². The first-order chi connectivity index (χ1) is 6.27. The molecule has 1 aromatic heterocycles. The van der Waals surface area contributed by atoms with E-state index in [1.165, 1.54) is 0 Å². The fraction of sp³-hybridized carbons (Fsp3) is 0.333. The van der Waals surface area contributed by atoms with E-state index >= 15 is 0 Å². The summed E-state index contributed by atoms with van der Waals surface area (Å²) in [5, 5.41) is 0. The summed E-state index contributed by atoms with van der Waals surface area (Å²) >= 11 is 0. The van der Waals surface area contributed by atoms with Gasteiger partial charge in [0.05, 0.1) is 0 Å². The van der Waals surface area contributed by atoms with E-state index in [1.807, 2.05) is 45.9 Å². The summed E-state index contributed by atoms with van der Waals surface area (Å²) in [6.07, 6.45) is 5.72. The Kier molecular flexibility index (Phi) is 5.69. The number of allylic oxidation sites excluding steroid dienone is 1. The van der Waals surface area contributed by atoms with Crippen molar-refractivity contribution in [1.29, 1.82) is 0 Å². The lowest BCUT2D eigenvalue weighted by Gasteiger charge is -1.86. The largest absolute Gasteiger partial charge is 0.461 e. The van der Waals surface area contributed by atoms with Crippen LogP contribution in [0.5, 0.6) is 0 Å². The zero-order valence-electron chi connectivity index (χ0n) is 8.92. The smallest absolute Gasteiger partial charge is 0.133 e. The van der Waals surface area contributed by atoms with Crippen LogP contribution in [0.4, 0.5) is 0 Å². The first-order valence-corrected chi connectivity index (χ1v) is 4.63. The second-order valence-corrected chi connectivity index (χ2v) is 2.38. The fourth-order valence-electron chi connectivity index (χ4n) is 1.02. The van der Waals surface area contributed by atoms with Gasteiger partial charge in [-0.25, -0.2) is 0 Å². The molecule has 0 atom stereocenters. The third kappa shape index (κ3) is 3.32. The van der Waals surface area contributed by atoms with Crippen LogP contribution < -0.4 is 0 Å². The van der Waals surface area contributed by atoms with Gasteiger partial charge in [-0.2, -0.15) is 0 Å². The van der Waals surface area contributed by atoms with E-state index in [0.717, 1.165) is 17.1 Å². The first-order valence-electron chi connectivity index (χ1n) is 4.63.